The Morgan fingerprint density at radius 3 is 2.02 bits per heavy atom. The lowest BCUT2D eigenvalue weighted by Crippen LogP contribution is -2.29. The topological polar surface area (TPSA) is 92.7 Å². The molecule has 6 aromatic rings. The van der Waals surface area contributed by atoms with Crippen molar-refractivity contribution in [2.45, 2.75) is 13.3 Å². The highest BCUT2D eigenvalue weighted by Crippen LogP contribution is 2.46. The highest BCUT2D eigenvalue weighted by Gasteiger charge is 2.29. The van der Waals surface area contributed by atoms with Crippen molar-refractivity contribution in [2.24, 2.45) is 0 Å². The molecule has 2 heterocycles. The van der Waals surface area contributed by atoms with Gasteiger partial charge in [-0.15, -0.1) is 11.4 Å². The van der Waals surface area contributed by atoms with Crippen LogP contribution in [0.3, 0.4) is 0 Å². The molecule has 1 aliphatic rings. The Hall–Kier alpha value is -5.72. The van der Waals surface area contributed by atoms with Crippen LogP contribution in [-0.4, -0.2) is 13.3 Å². The van der Waals surface area contributed by atoms with Gasteiger partial charge in [-0.1, -0.05) is 102 Å². The molecule has 0 spiro atoms. The number of ether oxygens (including phenoxy) is 1. The van der Waals surface area contributed by atoms with Gasteiger partial charge >= 0.3 is 5.89 Å². The van der Waals surface area contributed by atoms with Gasteiger partial charge in [-0.3, -0.25) is 9.11 Å². The van der Waals surface area contributed by atoms with Gasteiger partial charge in [0.1, 0.15) is 0 Å². The molecule has 1 aromatic heterocycles. The number of para-hydroxylation sites is 1. The number of benzene rings is 5. The van der Waals surface area contributed by atoms with Crippen LogP contribution >= 0.6 is 0 Å². The van der Waals surface area contributed by atoms with Crippen LogP contribution in [0, 0.1) is 12.5 Å². The van der Waals surface area contributed by atoms with Gasteiger partial charge in [0.05, 0.1) is 11.8 Å². The van der Waals surface area contributed by atoms with E-state index < -0.39 is 11.4 Å². The van der Waals surface area contributed by atoms with Crippen molar-refractivity contribution in [3.05, 3.63) is 151 Å². The summed E-state index contributed by atoms with van der Waals surface area (Å²) in [6.45, 7) is 2.11. The zero-order valence-electron chi connectivity index (χ0n) is 25.4. The molecule has 0 atom stereocenters. The minimum absolute atomic E-state index is 0. The van der Waals surface area contributed by atoms with Crippen molar-refractivity contribution in [3.63, 3.8) is 0 Å². The number of hydrogen-bond donors (Lipinski definition) is 0. The molecule has 0 bridgehead atoms. The van der Waals surface area contributed by atoms with Crippen LogP contribution in [0.15, 0.2) is 149 Å². The standard InChI is InChI=1S/C39H29N2O2.H2O3S.H2/c1-3-28(24-38-40(4-2)34-26-31(20-22-36(34)42-38)29-14-8-5-9-15-29)25-39-41(33-18-12-7-13-19-33)35-27-32(21-23-37(35)43-39)30-16-10-6-11-17-30;1-4(2)3;/h2,5-27H,3H2,1H3;(H2,1,2,3);1H/q+1;;/p-2. The van der Waals surface area contributed by atoms with E-state index in [-0.39, 0.29) is 1.43 Å². The fraction of sp³-hybridized carbons (Fsp3) is 0.0513. The SMILES string of the molecule is C#C[n+]1c(C=C(C=C2Oc3ccc(-c4ccccc4)cc3N2c2ccccc2)CC)oc2ccc(-c3ccccc3)cc21.O=S([O-])[O-].[HH]. The summed E-state index contributed by atoms with van der Waals surface area (Å²) in [7, 11) is 0. The Morgan fingerprint density at radius 1 is 0.851 bits per heavy atom. The predicted octanol–water partition coefficient (Wildman–Crippen LogP) is 8.60. The van der Waals surface area contributed by atoms with Crippen molar-refractivity contribution in [3.8, 4) is 40.5 Å². The quantitative estimate of drug-likeness (QED) is 0.103. The predicted molar refractivity (Wildman–Crippen MR) is 185 cm³/mol. The van der Waals surface area contributed by atoms with E-state index in [0.717, 1.165) is 62.5 Å². The lowest BCUT2D eigenvalue weighted by molar-refractivity contribution is -0.562. The highest BCUT2D eigenvalue weighted by molar-refractivity contribution is 7.72. The molecule has 1 aliphatic heterocycles. The third-order valence-corrected chi connectivity index (χ3v) is 7.65. The molecule has 5 aromatic carbocycles. The fourth-order valence-electron chi connectivity index (χ4n) is 5.46. The molecular weight excluding hydrogens is 609 g/mol. The summed E-state index contributed by atoms with van der Waals surface area (Å²) in [5.74, 6) is 2.11. The van der Waals surface area contributed by atoms with Gasteiger partial charge in [-0.2, -0.15) is 0 Å². The minimum atomic E-state index is -3.11. The van der Waals surface area contributed by atoms with Gasteiger partial charge in [0.15, 0.2) is 5.75 Å². The largest absolute Gasteiger partial charge is 0.784 e. The van der Waals surface area contributed by atoms with E-state index in [1.165, 1.54) is 0 Å². The normalized spacial score (nSPS) is 13.2. The van der Waals surface area contributed by atoms with E-state index in [0.29, 0.717) is 11.8 Å². The monoisotopic (exact) mass is 639 g/mol. The first-order valence-electron chi connectivity index (χ1n) is 14.9. The summed E-state index contributed by atoms with van der Waals surface area (Å²) in [5.41, 5.74) is 9.09. The summed E-state index contributed by atoms with van der Waals surface area (Å²) in [5, 5.41) is 0. The molecule has 7 nitrogen and oxygen atoms in total. The van der Waals surface area contributed by atoms with Crippen molar-refractivity contribution in [1.82, 2.24) is 0 Å². The number of fused-ring (bicyclic) bond motifs is 2. The van der Waals surface area contributed by atoms with Crippen LogP contribution in [0.5, 0.6) is 5.75 Å². The molecule has 8 heteroatoms. The van der Waals surface area contributed by atoms with Crippen LogP contribution < -0.4 is 14.2 Å². The molecule has 0 N–H and O–H groups in total. The molecule has 0 fully saturated rings. The van der Waals surface area contributed by atoms with Gasteiger partial charge < -0.3 is 18.3 Å². The van der Waals surface area contributed by atoms with Crippen LogP contribution in [0.2, 0.25) is 0 Å². The van der Waals surface area contributed by atoms with Gasteiger partial charge in [0.25, 0.3) is 5.52 Å². The second-order valence-corrected chi connectivity index (χ2v) is 10.9. The number of terminal acetylenes is 1. The van der Waals surface area contributed by atoms with Crippen LogP contribution in [0.1, 0.15) is 20.7 Å². The van der Waals surface area contributed by atoms with Crippen LogP contribution in [0.4, 0.5) is 11.4 Å². The first-order valence-corrected chi connectivity index (χ1v) is 15.9. The number of oxazole rings is 1. The molecule has 0 saturated carbocycles. The summed E-state index contributed by atoms with van der Waals surface area (Å²) >= 11 is -3.11. The lowest BCUT2D eigenvalue weighted by Gasteiger charge is -2.19. The van der Waals surface area contributed by atoms with Crippen molar-refractivity contribution >= 4 is 39.9 Å². The zero-order chi connectivity index (χ0) is 32.8. The molecule has 47 heavy (non-hydrogen) atoms. The van der Waals surface area contributed by atoms with Gasteiger partial charge in [0.2, 0.25) is 17.5 Å². The molecule has 0 amide bonds. The Kier molecular flexibility index (Phi) is 9.41. The van der Waals surface area contributed by atoms with Crippen molar-refractivity contribution < 1.29 is 28.5 Å². The number of rotatable bonds is 6. The molecule has 0 aliphatic carbocycles. The Labute approximate surface area is 277 Å². The summed E-state index contributed by atoms with van der Waals surface area (Å²) < 4.78 is 39.9. The number of hydrogen-bond acceptors (Lipinski definition) is 6. The third-order valence-electron chi connectivity index (χ3n) is 7.65. The Bertz CT molecular complexity index is 2150. The lowest BCUT2D eigenvalue weighted by atomic mass is 10.0. The summed E-state index contributed by atoms with van der Waals surface area (Å²) in [4.78, 5) is 2.16. The number of nitrogens with zero attached hydrogens (tertiary/aromatic N) is 2. The maximum Gasteiger partial charge on any atom is 0.389 e. The summed E-state index contributed by atoms with van der Waals surface area (Å²) in [6, 6.07) is 46.2. The van der Waals surface area contributed by atoms with E-state index in [2.05, 4.69) is 96.7 Å². The smallest absolute Gasteiger partial charge is 0.389 e. The number of allylic oxidation sites excluding steroid dienone is 2. The highest BCUT2D eigenvalue weighted by atomic mass is 32.2. The maximum absolute atomic E-state index is 8.44. The van der Waals surface area contributed by atoms with Gasteiger partial charge in [-0.25, -0.2) is 0 Å². The average molecular weight is 640 g/mol. The van der Waals surface area contributed by atoms with Crippen molar-refractivity contribution in [1.29, 1.82) is 0 Å². The summed E-state index contributed by atoms with van der Waals surface area (Å²) in [6.07, 6.45) is 10.8. The van der Waals surface area contributed by atoms with E-state index in [4.69, 9.17) is 28.9 Å². The van der Waals surface area contributed by atoms with E-state index in [1.807, 2.05) is 60.7 Å². The number of aromatic nitrogens is 1. The molecular formula is C39H31N2O5S-. The van der Waals surface area contributed by atoms with Crippen LogP contribution in [-0.2, 0) is 11.4 Å². The number of anilines is 2. The van der Waals surface area contributed by atoms with Crippen LogP contribution in [0.25, 0.3) is 39.4 Å². The molecule has 7 rings (SSSR count). The maximum atomic E-state index is 8.44. The second-order valence-electron chi connectivity index (χ2n) is 10.5. The second kappa shape index (κ2) is 14.1. The molecule has 0 saturated heterocycles. The van der Waals surface area contributed by atoms with E-state index in [1.54, 1.807) is 4.57 Å². The molecule has 234 valence electrons. The average Bonchev–Trinajstić information content (AvgIpc) is 3.64. The van der Waals surface area contributed by atoms with Crippen molar-refractivity contribution in [2.75, 3.05) is 4.90 Å². The first kappa shape index (κ1) is 31.3. The Balaban J connectivity index is 0.000000855. The van der Waals surface area contributed by atoms with Gasteiger partial charge in [-0.05, 0) is 71.0 Å². The third kappa shape index (κ3) is 6.93. The molecule has 0 unspecified atom stereocenters. The van der Waals surface area contributed by atoms with E-state index >= 15 is 0 Å². The first-order chi connectivity index (χ1) is 22.9. The zero-order valence-corrected chi connectivity index (χ0v) is 26.2. The minimum Gasteiger partial charge on any atom is -0.784 e. The Morgan fingerprint density at radius 2 is 1.43 bits per heavy atom. The molecule has 0 radical (unpaired) electrons. The fourth-order valence-corrected chi connectivity index (χ4v) is 5.46. The van der Waals surface area contributed by atoms with Gasteiger partial charge in [0, 0.05) is 19.3 Å². The van der Waals surface area contributed by atoms with E-state index in [9.17, 15) is 0 Å².